The maximum atomic E-state index is 11.0. The zero-order chi connectivity index (χ0) is 13.9. The molecule has 1 heterocycles. The molecular formula is C16H14N2O2. The summed E-state index contributed by atoms with van der Waals surface area (Å²) in [6.45, 7) is -0.147. The van der Waals surface area contributed by atoms with Crippen molar-refractivity contribution in [3.8, 4) is 0 Å². The van der Waals surface area contributed by atoms with Crippen molar-refractivity contribution in [1.29, 1.82) is 0 Å². The summed E-state index contributed by atoms with van der Waals surface area (Å²) in [5, 5.41) is 11.0. The fourth-order valence-electron chi connectivity index (χ4n) is 2.42. The highest BCUT2D eigenvalue weighted by Gasteiger charge is 2.18. The van der Waals surface area contributed by atoms with Crippen LogP contribution in [0.2, 0.25) is 0 Å². The number of nitrogens with one attached hydrogen (secondary N) is 1. The number of aromatic amines is 1. The summed E-state index contributed by atoms with van der Waals surface area (Å²) in [5.74, 6) is -0.226. The molecule has 0 saturated carbocycles. The third-order valence-electron chi connectivity index (χ3n) is 3.30. The molecule has 0 spiro atoms. The molecule has 0 unspecified atom stereocenters. The van der Waals surface area contributed by atoms with Crippen LogP contribution in [0, 0.1) is 0 Å². The predicted octanol–water partition coefficient (Wildman–Crippen LogP) is 0.796. The molecular weight excluding hydrogens is 252 g/mol. The summed E-state index contributed by atoms with van der Waals surface area (Å²) in [5.41, 5.74) is 2.94. The zero-order valence-electron chi connectivity index (χ0n) is 10.9. The average molecular weight is 266 g/mol. The lowest BCUT2D eigenvalue weighted by Crippen LogP contribution is -2.46. The highest BCUT2D eigenvalue weighted by atomic mass is 16.4. The van der Waals surface area contributed by atoms with Gasteiger partial charge in [-0.25, -0.2) is 9.55 Å². The number of fused-ring (bicyclic) bond motifs is 1. The van der Waals surface area contributed by atoms with Crippen molar-refractivity contribution in [1.82, 2.24) is 4.98 Å². The van der Waals surface area contributed by atoms with E-state index in [-0.39, 0.29) is 6.54 Å². The third kappa shape index (κ3) is 2.40. The highest BCUT2D eigenvalue weighted by molar-refractivity contribution is 5.72. The van der Waals surface area contributed by atoms with Crippen molar-refractivity contribution < 1.29 is 14.5 Å². The number of aromatic nitrogens is 2. The normalized spacial score (nSPS) is 10.8. The maximum absolute atomic E-state index is 11.0. The zero-order valence-corrected chi connectivity index (χ0v) is 10.9. The number of para-hydroxylation sites is 2. The van der Waals surface area contributed by atoms with Gasteiger partial charge in [-0.15, -0.1) is 0 Å². The van der Waals surface area contributed by atoms with Gasteiger partial charge in [-0.3, -0.25) is 0 Å². The first-order valence-corrected chi connectivity index (χ1v) is 6.47. The molecule has 20 heavy (non-hydrogen) atoms. The van der Waals surface area contributed by atoms with E-state index in [2.05, 4.69) is 4.98 Å². The van der Waals surface area contributed by atoms with Gasteiger partial charge in [-0.2, -0.15) is 0 Å². The van der Waals surface area contributed by atoms with Crippen LogP contribution >= 0.6 is 0 Å². The second-order valence-corrected chi connectivity index (χ2v) is 4.71. The SMILES string of the molecule is O=C([O-])C[n+]1c(Cc2ccccc2)[nH]c2ccccc21. The van der Waals surface area contributed by atoms with Gasteiger partial charge < -0.3 is 9.90 Å². The van der Waals surface area contributed by atoms with E-state index < -0.39 is 5.97 Å². The van der Waals surface area contributed by atoms with Crippen LogP contribution in [0.5, 0.6) is 0 Å². The van der Waals surface area contributed by atoms with Gasteiger partial charge >= 0.3 is 0 Å². The molecule has 0 aliphatic carbocycles. The van der Waals surface area contributed by atoms with Gasteiger partial charge in [0, 0.05) is 0 Å². The Kier molecular flexibility index (Phi) is 3.21. The molecule has 0 aliphatic heterocycles. The number of carboxylic acids is 1. The number of aliphatic carboxylic acids is 1. The molecule has 0 saturated heterocycles. The Morgan fingerprint density at radius 3 is 2.50 bits per heavy atom. The first-order valence-electron chi connectivity index (χ1n) is 6.47. The summed E-state index contributed by atoms with van der Waals surface area (Å²) < 4.78 is 1.76. The Bertz CT molecular complexity index is 748. The molecule has 0 aliphatic rings. The fraction of sp³-hybridized carbons (Fsp3) is 0.125. The van der Waals surface area contributed by atoms with E-state index in [4.69, 9.17) is 0 Å². The fourth-order valence-corrected chi connectivity index (χ4v) is 2.42. The van der Waals surface area contributed by atoms with Gasteiger partial charge in [-0.1, -0.05) is 42.5 Å². The van der Waals surface area contributed by atoms with Gasteiger partial charge in [0.1, 0.15) is 6.54 Å². The molecule has 0 amide bonds. The van der Waals surface area contributed by atoms with E-state index in [1.807, 2.05) is 54.6 Å². The number of benzene rings is 2. The van der Waals surface area contributed by atoms with Crippen LogP contribution in [0.3, 0.4) is 0 Å². The Balaban J connectivity index is 2.07. The van der Waals surface area contributed by atoms with Crippen LogP contribution in [0.4, 0.5) is 0 Å². The number of hydrogen-bond acceptors (Lipinski definition) is 2. The smallest absolute Gasteiger partial charge is 0.259 e. The molecule has 3 rings (SSSR count). The molecule has 0 atom stereocenters. The molecule has 4 nitrogen and oxygen atoms in total. The summed E-state index contributed by atoms with van der Waals surface area (Å²) in [6.07, 6.45) is 0.656. The molecule has 1 aromatic heterocycles. The maximum Gasteiger partial charge on any atom is 0.259 e. The Hall–Kier alpha value is -2.62. The van der Waals surface area contributed by atoms with Gasteiger partial charge in [0.25, 0.3) is 5.82 Å². The third-order valence-corrected chi connectivity index (χ3v) is 3.30. The molecule has 0 radical (unpaired) electrons. The number of nitrogens with zero attached hydrogens (tertiary/aromatic N) is 1. The number of carboxylic acid groups (broad SMARTS) is 1. The van der Waals surface area contributed by atoms with E-state index in [0.29, 0.717) is 6.42 Å². The van der Waals surface area contributed by atoms with E-state index in [1.165, 1.54) is 0 Å². The largest absolute Gasteiger partial charge is 0.546 e. The van der Waals surface area contributed by atoms with E-state index in [1.54, 1.807) is 4.57 Å². The molecule has 1 N–H and O–H groups in total. The van der Waals surface area contributed by atoms with Crippen molar-refractivity contribution in [2.75, 3.05) is 0 Å². The molecule has 4 heteroatoms. The Labute approximate surface area is 116 Å². The predicted molar refractivity (Wildman–Crippen MR) is 72.7 cm³/mol. The van der Waals surface area contributed by atoms with Crippen molar-refractivity contribution in [2.45, 2.75) is 13.0 Å². The van der Waals surface area contributed by atoms with Gasteiger partial charge in [0.05, 0.1) is 12.4 Å². The Morgan fingerprint density at radius 2 is 1.75 bits per heavy atom. The average Bonchev–Trinajstić information content (AvgIpc) is 2.78. The Morgan fingerprint density at radius 1 is 1.05 bits per heavy atom. The second-order valence-electron chi connectivity index (χ2n) is 4.71. The molecule has 0 fully saturated rings. The van der Waals surface area contributed by atoms with Crippen molar-refractivity contribution in [2.24, 2.45) is 0 Å². The number of imidazole rings is 1. The van der Waals surface area contributed by atoms with Crippen LogP contribution in [0.1, 0.15) is 11.4 Å². The van der Waals surface area contributed by atoms with Crippen LogP contribution in [-0.4, -0.2) is 11.0 Å². The van der Waals surface area contributed by atoms with Crippen molar-refractivity contribution in [3.05, 3.63) is 66.0 Å². The summed E-state index contributed by atoms with van der Waals surface area (Å²) >= 11 is 0. The van der Waals surface area contributed by atoms with Crippen molar-refractivity contribution >= 4 is 17.0 Å². The standard InChI is InChI=1S/C16H14N2O2/c19-16(20)11-18-14-9-5-4-8-13(14)17-15(18)10-12-6-2-1-3-7-12/h1-9H,10-11H2,(H,19,20). The van der Waals surface area contributed by atoms with Crippen molar-refractivity contribution in [3.63, 3.8) is 0 Å². The molecule has 2 aromatic carbocycles. The minimum atomic E-state index is -1.09. The van der Waals surface area contributed by atoms with Crippen LogP contribution in [0.15, 0.2) is 54.6 Å². The quantitative estimate of drug-likeness (QED) is 0.710. The van der Waals surface area contributed by atoms with Crippen LogP contribution in [-0.2, 0) is 17.8 Å². The summed E-state index contributed by atoms with van der Waals surface area (Å²) in [7, 11) is 0. The van der Waals surface area contributed by atoms with Crippen LogP contribution in [0.25, 0.3) is 11.0 Å². The lowest BCUT2D eigenvalue weighted by atomic mass is 10.1. The second kappa shape index (κ2) is 5.17. The van der Waals surface area contributed by atoms with E-state index in [9.17, 15) is 9.90 Å². The molecule has 0 bridgehead atoms. The lowest BCUT2D eigenvalue weighted by molar-refractivity contribution is -0.672. The first kappa shape index (κ1) is 12.4. The van der Waals surface area contributed by atoms with Crippen LogP contribution < -0.4 is 9.67 Å². The minimum absolute atomic E-state index is 0.147. The summed E-state index contributed by atoms with van der Waals surface area (Å²) in [4.78, 5) is 14.3. The number of rotatable bonds is 4. The molecule has 100 valence electrons. The number of carbonyl (C=O) groups is 1. The number of carbonyl (C=O) groups excluding carboxylic acids is 1. The van der Waals surface area contributed by atoms with Gasteiger partial charge in [-0.05, 0) is 17.7 Å². The number of hydrogen-bond donors (Lipinski definition) is 1. The summed E-state index contributed by atoms with van der Waals surface area (Å²) in [6, 6.07) is 17.6. The lowest BCUT2D eigenvalue weighted by Gasteiger charge is -2.03. The van der Waals surface area contributed by atoms with Gasteiger partial charge in [0.15, 0.2) is 11.0 Å². The minimum Gasteiger partial charge on any atom is -0.546 e. The monoisotopic (exact) mass is 266 g/mol. The highest BCUT2D eigenvalue weighted by Crippen LogP contribution is 2.12. The topological polar surface area (TPSA) is 59.8 Å². The molecule has 3 aromatic rings. The van der Waals surface area contributed by atoms with E-state index >= 15 is 0 Å². The van der Waals surface area contributed by atoms with Gasteiger partial charge in [0.2, 0.25) is 0 Å². The number of H-pyrrole nitrogens is 1. The van der Waals surface area contributed by atoms with E-state index in [0.717, 1.165) is 22.4 Å². The first-order chi connectivity index (χ1) is 9.74.